The number of ether oxygens (including phenoxy) is 1. The van der Waals surface area contributed by atoms with Crippen molar-refractivity contribution in [2.45, 2.75) is 6.42 Å². The predicted octanol–water partition coefficient (Wildman–Crippen LogP) is 1.87. The minimum Gasteiger partial charge on any atom is -0.494 e. The van der Waals surface area contributed by atoms with E-state index in [9.17, 15) is 4.79 Å². The lowest BCUT2D eigenvalue weighted by Gasteiger charge is -2.17. The number of hydrogen-bond donors (Lipinski definition) is 3. The van der Waals surface area contributed by atoms with Crippen molar-refractivity contribution in [3.63, 3.8) is 0 Å². The smallest absolute Gasteiger partial charge is 0.273 e. The summed E-state index contributed by atoms with van der Waals surface area (Å²) in [7, 11) is 4.92. The summed E-state index contributed by atoms with van der Waals surface area (Å²) in [6.45, 7) is 3.95. The van der Waals surface area contributed by atoms with E-state index in [1.54, 1.807) is 32.2 Å². The van der Waals surface area contributed by atoms with E-state index >= 15 is 0 Å². The number of fused-ring (bicyclic) bond motifs is 1. The molecule has 10 heteroatoms. The number of benzene rings is 1. The second-order valence-electron chi connectivity index (χ2n) is 6.49. The fourth-order valence-corrected chi connectivity index (χ4v) is 3.21. The molecule has 10 nitrogen and oxygen atoms in total. The van der Waals surface area contributed by atoms with E-state index in [1.807, 2.05) is 18.2 Å². The molecule has 3 heterocycles. The number of aromatic nitrogens is 5. The maximum absolute atomic E-state index is 12.4. The average Bonchev–Trinajstić information content (AvgIpc) is 3.32. The van der Waals surface area contributed by atoms with Gasteiger partial charge in [0.2, 0.25) is 0 Å². The molecule has 1 amide bonds. The van der Waals surface area contributed by atoms with Gasteiger partial charge in [-0.25, -0.2) is 4.98 Å². The Morgan fingerprint density at radius 1 is 1.34 bits per heavy atom. The Kier molecular flexibility index (Phi) is 4.59. The molecular weight excluding hydrogens is 372 g/mol. The number of anilines is 3. The lowest BCUT2D eigenvalue weighted by Crippen LogP contribution is -2.22. The number of methoxy groups -OCH3 is 1. The predicted molar refractivity (Wildman–Crippen MR) is 108 cm³/mol. The monoisotopic (exact) mass is 392 g/mol. The number of nitrogens with one attached hydrogen (secondary N) is 3. The number of carbonyl (C=O) groups is 1. The van der Waals surface area contributed by atoms with Gasteiger partial charge in [0, 0.05) is 31.8 Å². The summed E-state index contributed by atoms with van der Waals surface area (Å²) in [5.74, 6) is 1.32. The van der Waals surface area contributed by atoms with Crippen molar-refractivity contribution in [3.8, 4) is 17.1 Å². The number of nitrogens with zero attached hydrogens (tertiary/aromatic N) is 5. The fraction of sp³-hybridized carbons (Fsp3) is 0.211. The van der Waals surface area contributed by atoms with Gasteiger partial charge in [-0.2, -0.15) is 5.10 Å². The molecule has 4 rings (SSSR count). The Hall–Kier alpha value is -3.95. The summed E-state index contributed by atoms with van der Waals surface area (Å²) in [6, 6.07) is 5.59. The Morgan fingerprint density at radius 2 is 2.17 bits per heavy atom. The lowest BCUT2D eigenvalue weighted by atomic mass is 10.1. The zero-order valence-corrected chi connectivity index (χ0v) is 16.3. The molecule has 0 saturated heterocycles. The summed E-state index contributed by atoms with van der Waals surface area (Å²) < 4.78 is 7.28. The van der Waals surface area contributed by atoms with Gasteiger partial charge < -0.3 is 20.7 Å². The third-order valence-corrected chi connectivity index (χ3v) is 4.52. The number of rotatable bonds is 5. The highest BCUT2D eigenvalue weighted by molar-refractivity contribution is 6.00. The normalized spacial score (nSPS) is 12.3. The van der Waals surface area contributed by atoms with Gasteiger partial charge in [0.05, 0.1) is 24.0 Å². The highest BCUT2D eigenvalue weighted by Gasteiger charge is 2.26. The van der Waals surface area contributed by atoms with E-state index in [-0.39, 0.29) is 11.6 Å². The van der Waals surface area contributed by atoms with Crippen LogP contribution in [-0.2, 0) is 13.5 Å². The van der Waals surface area contributed by atoms with Gasteiger partial charge in [0.25, 0.3) is 5.91 Å². The first kappa shape index (κ1) is 18.4. The highest BCUT2D eigenvalue weighted by Crippen LogP contribution is 2.40. The Balaban J connectivity index is 1.84. The third-order valence-electron chi connectivity index (χ3n) is 4.52. The van der Waals surface area contributed by atoms with Gasteiger partial charge in [-0.1, -0.05) is 12.6 Å². The first-order valence-electron chi connectivity index (χ1n) is 8.88. The molecule has 29 heavy (non-hydrogen) atoms. The molecule has 1 aliphatic rings. The first-order chi connectivity index (χ1) is 14.0. The molecule has 3 aromatic rings. The molecule has 0 radical (unpaired) electrons. The van der Waals surface area contributed by atoms with Gasteiger partial charge in [0.15, 0.2) is 23.1 Å². The van der Waals surface area contributed by atoms with Crippen LogP contribution in [0.3, 0.4) is 0 Å². The fourth-order valence-electron chi connectivity index (χ4n) is 3.21. The molecule has 148 valence electrons. The molecule has 1 aliphatic heterocycles. The van der Waals surface area contributed by atoms with Crippen LogP contribution in [0.5, 0.6) is 5.75 Å². The summed E-state index contributed by atoms with van der Waals surface area (Å²) in [5, 5.41) is 21.6. The number of para-hydroxylation sites is 1. The van der Waals surface area contributed by atoms with Gasteiger partial charge in [-0.3, -0.25) is 9.48 Å². The number of allylic oxidation sites excluding steroid dienone is 1. The Morgan fingerprint density at radius 3 is 2.86 bits per heavy atom. The van der Waals surface area contributed by atoms with Crippen LogP contribution in [-0.4, -0.2) is 45.0 Å². The Labute approximate surface area is 167 Å². The lowest BCUT2D eigenvalue weighted by molar-refractivity contribution is 0.0958. The van der Waals surface area contributed by atoms with Crippen LogP contribution in [0.2, 0.25) is 0 Å². The van der Waals surface area contributed by atoms with Crippen molar-refractivity contribution in [2.75, 3.05) is 24.8 Å². The molecule has 0 spiro atoms. The molecule has 1 aromatic carbocycles. The summed E-state index contributed by atoms with van der Waals surface area (Å²) in [6.07, 6.45) is 2.15. The van der Waals surface area contributed by atoms with Crippen molar-refractivity contribution in [3.05, 3.63) is 48.1 Å². The van der Waals surface area contributed by atoms with Gasteiger partial charge in [-0.15, -0.1) is 10.2 Å². The largest absolute Gasteiger partial charge is 0.494 e. The standard InChI is InChI=1S/C19H20N8O2/c1-10-8-12-14(15(19(28)20-2)24-25-18(12)22-10)23-13-7-5-6-11(16(13)29-4)17-21-9-27(3)26-17/h5-7,9H,1,8H2,2-4H3,(H,20,28)(H2,22,23,25). The van der Waals surface area contributed by atoms with Gasteiger partial charge in [-0.05, 0) is 12.1 Å². The van der Waals surface area contributed by atoms with E-state index in [1.165, 1.54) is 0 Å². The maximum atomic E-state index is 12.4. The first-order valence-corrected chi connectivity index (χ1v) is 8.88. The van der Waals surface area contributed by atoms with Crippen molar-refractivity contribution < 1.29 is 9.53 Å². The zero-order valence-electron chi connectivity index (χ0n) is 16.3. The minimum atomic E-state index is -0.346. The van der Waals surface area contributed by atoms with Crippen LogP contribution in [0, 0.1) is 0 Å². The summed E-state index contributed by atoms with van der Waals surface area (Å²) in [4.78, 5) is 16.7. The SMILES string of the molecule is C=C1Cc2c(nnc(C(=O)NC)c2Nc2cccc(-c3ncn(C)n3)c2OC)N1. The van der Waals surface area contributed by atoms with Crippen LogP contribution >= 0.6 is 0 Å². The molecular formula is C19H20N8O2. The quantitative estimate of drug-likeness (QED) is 0.602. The van der Waals surface area contributed by atoms with E-state index in [0.717, 1.165) is 16.8 Å². The van der Waals surface area contributed by atoms with E-state index in [4.69, 9.17) is 4.74 Å². The molecule has 0 fully saturated rings. The number of hydrogen-bond acceptors (Lipinski definition) is 8. The van der Waals surface area contributed by atoms with Gasteiger partial charge in [0.1, 0.15) is 6.33 Å². The van der Waals surface area contributed by atoms with Crippen LogP contribution in [0.25, 0.3) is 11.4 Å². The molecule has 0 saturated carbocycles. The number of carbonyl (C=O) groups excluding carboxylic acids is 1. The van der Waals surface area contributed by atoms with Crippen molar-refractivity contribution in [1.82, 2.24) is 30.3 Å². The van der Waals surface area contributed by atoms with Gasteiger partial charge >= 0.3 is 0 Å². The highest BCUT2D eigenvalue weighted by atomic mass is 16.5. The second-order valence-corrected chi connectivity index (χ2v) is 6.49. The van der Waals surface area contributed by atoms with Crippen molar-refractivity contribution in [2.24, 2.45) is 7.05 Å². The minimum absolute atomic E-state index is 0.186. The molecule has 3 N–H and O–H groups in total. The molecule has 0 bridgehead atoms. The summed E-state index contributed by atoms with van der Waals surface area (Å²) >= 11 is 0. The van der Waals surface area contributed by atoms with E-state index in [2.05, 4.69) is 42.8 Å². The number of amides is 1. The van der Waals surface area contributed by atoms with Crippen molar-refractivity contribution in [1.29, 1.82) is 0 Å². The molecule has 0 atom stereocenters. The van der Waals surface area contributed by atoms with Crippen LogP contribution in [0.4, 0.5) is 17.2 Å². The number of aryl methyl sites for hydroxylation is 1. The van der Waals surface area contributed by atoms with Crippen LogP contribution in [0.15, 0.2) is 36.8 Å². The topological polar surface area (TPSA) is 119 Å². The van der Waals surface area contributed by atoms with Crippen molar-refractivity contribution >= 4 is 23.1 Å². The van der Waals surface area contributed by atoms with E-state index in [0.29, 0.717) is 35.2 Å². The Bertz CT molecular complexity index is 1120. The molecule has 0 unspecified atom stereocenters. The van der Waals surface area contributed by atoms with E-state index < -0.39 is 0 Å². The molecule has 0 aliphatic carbocycles. The maximum Gasteiger partial charge on any atom is 0.273 e. The van der Waals surface area contributed by atoms with Crippen LogP contribution < -0.4 is 20.7 Å². The average molecular weight is 392 g/mol. The second kappa shape index (κ2) is 7.23. The molecule has 2 aromatic heterocycles. The van der Waals surface area contributed by atoms with Crippen LogP contribution in [0.1, 0.15) is 16.1 Å². The summed E-state index contributed by atoms with van der Waals surface area (Å²) in [5.41, 5.74) is 3.70. The third kappa shape index (κ3) is 3.24. The zero-order chi connectivity index (χ0) is 20.5.